The molecule has 0 amide bonds. The molecule has 0 atom stereocenters. The molecule has 0 aliphatic heterocycles. The minimum absolute atomic E-state index is 0.0343. The number of carboxylic acid groups (broad SMARTS) is 1. The van der Waals surface area contributed by atoms with E-state index in [1.807, 2.05) is 13.8 Å². The summed E-state index contributed by atoms with van der Waals surface area (Å²) >= 11 is 6.39. The Bertz CT molecular complexity index is 706. The predicted octanol–water partition coefficient (Wildman–Crippen LogP) is 5.46. The smallest absolute Gasteiger partial charge is 0.336 e. The normalized spacial score (nSPS) is 10.5. The number of halogens is 3. The average molecular weight is 418 g/mol. The van der Waals surface area contributed by atoms with Crippen LogP contribution in [0.3, 0.4) is 0 Å². The van der Waals surface area contributed by atoms with Crippen molar-refractivity contribution < 1.29 is 19.0 Å². The van der Waals surface area contributed by atoms with Crippen LogP contribution in [0.5, 0.6) is 11.5 Å². The fourth-order valence-corrected chi connectivity index (χ4v) is 2.59. The number of benzene rings is 2. The summed E-state index contributed by atoms with van der Waals surface area (Å²) in [6.45, 7) is 3.81. The van der Waals surface area contributed by atoms with Crippen LogP contribution >= 0.6 is 31.9 Å². The SMILES string of the molecule is Cc1cc(Oc2ccc(C(=O)O)c(Br)c2F)cc(C)c1Br. The third kappa shape index (κ3) is 3.27. The van der Waals surface area contributed by atoms with E-state index in [-0.39, 0.29) is 15.8 Å². The zero-order valence-corrected chi connectivity index (χ0v) is 14.4. The van der Waals surface area contributed by atoms with E-state index in [9.17, 15) is 9.18 Å². The Kier molecular flexibility index (Phi) is 4.68. The lowest BCUT2D eigenvalue weighted by Gasteiger charge is -2.12. The number of ether oxygens (including phenoxy) is 1. The predicted molar refractivity (Wildman–Crippen MR) is 84.7 cm³/mol. The summed E-state index contributed by atoms with van der Waals surface area (Å²) < 4.78 is 20.5. The van der Waals surface area contributed by atoms with Gasteiger partial charge in [0, 0.05) is 4.47 Å². The molecule has 0 saturated carbocycles. The standard InChI is InChI=1S/C15H11Br2FO3/c1-7-5-9(6-8(2)12(7)16)21-11-4-3-10(15(19)20)13(17)14(11)18/h3-6H,1-2H3,(H,19,20). The molecular weight excluding hydrogens is 407 g/mol. The topological polar surface area (TPSA) is 46.5 Å². The number of carboxylic acids is 1. The van der Waals surface area contributed by atoms with Crippen LogP contribution in [-0.2, 0) is 0 Å². The Balaban J connectivity index is 2.41. The van der Waals surface area contributed by atoms with E-state index >= 15 is 0 Å². The van der Waals surface area contributed by atoms with Gasteiger partial charge in [-0.3, -0.25) is 0 Å². The van der Waals surface area contributed by atoms with E-state index in [4.69, 9.17) is 9.84 Å². The van der Waals surface area contributed by atoms with Crippen molar-refractivity contribution in [3.8, 4) is 11.5 Å². The molecule has 2 rings (SSSR count). The van der Waals surface area contributed by atoms with Crippen molar-refractivity contribution in [2.75, 3.05) is 0 Å². The van der Waals surface area contributed by atoms with Gasteiger partial charge in [0.05, 0.1) is 10.0 Å². The molecule has 21 heavy (non-hydrogen) atoms. The molecule has 0 aliphatic carbocycles. The van der Waals surface area contributed by atoms with Gasteiger partial charge in [0.15, 0.2) is 11.6 Å². The molecule has 0 aromatic heterocycles. The average Bonchev–Trinajstić information content (AvgIpc) is 2.41. The first-order valence-corrected chi connectivity index (χ1v) is 7.55. The van der Waals surface area contributed by atoms with Crippen LogP contribution < -0.4 is 4.74 Å². The van der Waals surface area contributed by atoms with Gasteiger partial charge in [-0.2, -0.15) is 0 Å². The van der Waals surface area contributed by atoms with Gasteiger partial charge in [-0.1, -0.05) is 15.9 Å². The first-order chi connectivity index (χ1) is 9.81. The summed E-state index contributed by atoms with van der Waals surface area (Å²) in [4.78, 5) is 10.9. The van der Waals surface area contributed by atoms with Crippen LogP contribution in [0.15, 0.2) is 33.2 Å². The first-order valence-electron chi connectivity index (χ1n) is 5.97. The number of rotatable bonds is 3. The highest BCUT2D eigenvalue weighted by Crippen LogP contribution is 2.34. The Morgan fingerprint density at radius 3 is 2.24 bits per heavy atom. The van der Waals surface area contributed by atoms with Crippen LogP contribution in [0.2, 0.25) is 0 Å². The summed E-state index contributed by atoms with van der Waals surface area (Å²) in [7, 11) is 0. The zero-order chi connectivity index (χ0) is 15.7. The summed E-state index contributed by atoms with van der Waals surface area (Å²) in [5.41, 5.74) is 1.78. The maximum atomic E-state index is 14.1. The van der Waals surface area contributed by atoms with Gasteiger partial charge in [-0.05, 0) is 65.2 Å². The van der Waals surface area contributed by atoms with Crippen molar-refractivity contribution in [2.45, 2.75) is 13.8 Å². The molecule has 0 aliphatic rings. The van der Waals surface area contributed by atoms with Crippen LogP contribution in [0.25, 0.3) is 0 Å². The van der Waals surface area contributed by atoms with E-state index in [0.29, 0.717) is 5.75 Å². The van der Waals surface area contributed by atoms with E-state index in [1.54, 1.807) is 12.1 Å². The lowest BCUT2D eigenvalue weighted by Crippen LogP contribution is -2.01. The molecule has 2 aromatic carbocycles. The van der Waals surface area contributed by atoms with Gasteiger partial charge in [0.1, 0.15) is 5.75 Å². The fraction of sp³-hybridized carbons (Fsp3) is 0.133. The monoisotopic (exact) mass is 416 g/mol. The molecule has 3 nitrogen and oxygen atoms in total. The second-order valence-electron chi connectivity index (χ2n) is 4.52. The number of hydrogen-bond donors (Lipinski definition) is 1. The molecule has 0 spiro atoms. The van der Waals surface area contributed by atoms with Crippen LogP contribution in [0, 0.1) is 19.7 Å². The van der Waals surface area contributed by atoms with Crippen LogP contribution in [-0.4, -0.2) is 11.1 Å². The highest BCUT2D eigenvalue weighted by Gasteiger charge is 2.17. The third-order valence-corrected chi connectivity index (χ3v) is 4.94. The number of aromatic carboxylic acids is 1. The molecule has 0 heterocycles. The van der Waals surface area contributed by atoms with Gasteiger partial charge >= 0.3 is 5.97 Å². The van der Waals surface area contributed by atoms with Crippen molar-refractivity contribution in [3.05, 3.63) is 55.7 Å². The van der Waals surface area contributed by atoms with Gasteiger partial charge in [-0.25, -0.2) is 9.18 Å². The van der Waals surface area contributed by atoms with Crippen LogP contribution in [0.1, 0.15) is 21.5 Å². The molecule has 6 heteroatoms. The third-order valence-electron chi connectivity index (χ3n) is 2.92. The lowest BCUT2D eigenvalue weighted by molar-refractivity contribution is 0.0695. The van der Waals surface area contributed by atoms with Crippen molar-refractivity contribution in [1.82, 2.24) is 0 Å². The maximum Gasteiger partial charge on any atom is 0.336 e. The minimum atomic E-state index is -1.21. The number of hydrogen-bond acceptors (Lipinski definition) is 2. The Morgan fingerprint density at radius 2 is 1.71 bits per heavy atom. The van der Waals surface area contributed by atoms with Crippen molar-refractivity contribution in [2.24, 2.45) is 0 Å². The van der Waals surface area contributed by atoms with E-state index in [1.165, 1.54) is 12.1 Å². The molecule has 110 valence electrons. The fourth-order valence-electron chi connectivity index (χ4n) is 1.87. The molecule has 0 fully saturated rings. The first kappa shape index (κ1) is 16.0. The van der Waals surface area contributed by atoms with Gasteiger partial charge in [-0.15, -0.1) is 0 Å². The van der Waals surface area contributed by atoms with Crippen molar-refractivity contribution in [1.29, 1.82) is 0 Å². The Hall–Kier alpha value is -1.40. The Labute approximate surface area is 138 Å². The Morgan fingerprint density at radius 1 is 1.14 bits per heavy atom. The minimum Gasteiger partial charge on any atom is -0.478 e. The summed E-state index contributed by atoms with van der Waals surface area (Å²) in [5.74, 6) is -1.49. The molecule has 0 saturated heterocycles. The highest BCUT2D eigenvalue weighted by molar-refractivity contribution is 9.10. The van der Waals surface area contributed by atoms with E-state index < -0.39 is 11.8 Å². The number of carbonyl (C=O) groups is 1. The van der Waals surface area contributed by atoms with Gasteiger partial charge < -0.3 is 9.84 Å². The largest absolute Gasteiger partial charge is 0.478 e. The molecule has 0 unspecified atom stereocenters. The zero-order valence-electron chi connectivity index (χ0n) is 11.2. The van der Waals surface area contributed by atoms with Crippen molar-refractivity contribution >= 4 is 37.8 Å². The summed E-state index contributed by atoms with van der Waals surface area (Å²) in [5, 5.41) is 8.93. The second-order valence-corrected chi connectivity index (χ2v) is 6.10. The molecule has 1 N–H and O–H groups in total. The summed E-state index contributed by atoms with van der Waals surface area (Å²) in [6.07, 6.45) is 0. The molecule has 2 aromatic rings. The number of aryl methyl sites for hydroxylation is 2. The molecular formula is C15H11Br2FO3. The van der Waals surface area contributed by atoms with E-state index in [2.05, 4.69) is 31.9 Å². The lowest BCUT2D eigenvalue weighted by atomic mass is 10.1. The van der Waals surface area contributed by atoms with Crippen molar-refractivity contribution in [3.63, 3.8) is 0 Å². The summed E-state index contributed by atoms with van der Waals surface area (Å²) in [6, 6.07) is 6.14. The molecule has 0 radical (unpaired) electrons. The van der Waals surface area contributed by atoms with Gasteiger partial charge in [0.2, 0.25) is 0 Å². The second kappa shape index (κ2) is 6.15. The van der Waals surface area contributed by atoms with E-state index in [0.717, 1.165) is 15.6 Å². The molecule has 0 bridgehead atoms. The van der Waals surface area contributed by atoms with Gasteiger partial charge in [0.25, 0.3) is 0 Å². The highest BCUT2D eigenvalue weighted by atomic mass is 79.9. The maximum absolute atomic E-state index is 14.1. The van der Waals surface area contributed by atoms with Crippen LogP contribution in [0.4, 0.5) is 4.39 Å². The quantitative estimate of drug-likeness (QED) is 0.721.